The molecule has 0 N–H and O–H groups in total. The van der Waals surface area contributed by atoms with Gasteiger partial charge in [-0.1, -0.05) is 158 Å². The lowest BCUT2D eigenvalue weighted by molar-refractivity contribution is -0.137. The summed E-state index contributed by atoms with van der Waals surface area (Å²) >= 11 is 0. The van der Waals surface area contributed by atoms with Gasteiger partial charge in [0.2, 0.25) is 0 Å². The van der Waals surface area contributed by atoms with E-state index >= 15 is 13.2 Å². The van der Waals surface area contributed by atoms with Crippen LogP contribution in [-0.2, 0) is 6.18 Å². The average Bonchev–Trinajstić information content (AvgIpc) is 1.64. The van der Waals surface area contributed by atoms with Gasteiger partial charge in [-0.25, -0.2) is 0 Å². The highest BCUT2D eigenvalue weighted by Gasteiger charge is 2.38. The summed E-state index contributed by atoms with van der Waals surface area (Å²) in [6.45, 7) is 0. The van der Waals surface area contributed by atoms with E-state index in [1.807, 2.05) is 18.2 Å². The first kappa shape index (κ1) is 48.7. The van der Waals surface area contributed by atoms with E-state index < -0.39 is 11.7 Å². The Kier molecular flexibility index (Phi) is 10.5. The van der Waals surface area contributed by atoms with Crippen molar-refractivity contribution in [2.24, 2.45) is 0 Å². The summed E-state index contributed by atoms with van der Waals surface area (Å²) in [6, 6.07) is 85.9. The zero-order valence-corrected chi connectivity index (χ0v) is 45.9. The first-order valence-electron chi connectivity index (χ1n) is 28.3. The normalized spacial score (nSPS) is 12.3. The van der Waals surface area contributed by atoms with E-state index in [9.17, 15) is 0 Å². The Balaban J connectivity index is 1.30. The molecule has 0 spiro atoms. The minimum absolute atomic E-state index is 0.371. The number of ether oxygens (including phenoxy) is 2. The van der Waals surface area contributed by atoms with Gasteiger partial charge in [-0.3, -0.25) is 0 Å². The van der Waals surface area contributed by atoms with Crippen molar-refractivity contribution >= 4 is 109 Å². The van der Waals surface area contributed by atoms with E-state index in [0.717, 1.165) is 126 Å². The van der Waals surface area contributed by atoms with Gasteiger partial charge < -0.3 is 32.3 Å². The molecular formula is C75H48F3N5O2. The van der Waals surface area contributed by atoms with E-state index in [-0.39, 0.29) is 0 Å². The van der Waals surface area contributed by atoms with Gasteiger partial charge in [0.25, 0.3) is 0 Å². The predicted molar refractivity (Wildman–Crippen MR) is 342 cm³/mol. The average molecular weight is 1110 g/mol. The lowest BCUT2D eigenvalue weighted by Gasteiger charge is -2.32. The van der Waals surface area contributed by atoms with Gasteiger partial charge in [-0.2, -0.15) is 13.2 Å². The SMILES string of the molecule is COc1ccc2c(c1)c1cc(OC)ccc1n2-c1c(-n2c3ccccc3c3ccccc32)c(-n2c3ccccc3c3ccccc32)c(-c2cccc(C(F)(F)F)c2)c(-n2c3ccccc3c3ccccc32)c1-n1c2ccccc2c2ccccc21. The maximum absolute atomic E-state index is 16.0. The third-order valence-electron chi connectivity index (χ3n) is 17.5. The molecule has 85 heavy (non-hydrogen) atoms. The molecule has 10 heteroatoms. The molecule has 0 unspecified atom stereocenters. The summed E-state index contributed by atoms with van der Waals surface area (Å²) in [5.41, 5.74) is 12.6. The van der Waals surface area contributed by atoms with Crippen molar-refractivity contribution in [2.75, 3.05) is 14.2 Å². The molecule has 0 radical (unpaired) electrons. The number of halogens is 3. The predicted octanol–water partition coefficient (Wildman–Crippen LogP) is 19.9. The lowest BCUT2D eigenvalue weighted by Crippen LogP contribution is -2.18. The van der Waals surface area contributed by atoms with Crippen LogP contribution in [0.5, 0.6) is 11.5 Å². The van der Waals surface area contributed by atoms with Crippen LogP contribution in [0.4, 0.5) is 13.2 Å². The first-order valence-corrected chi connectivity index (χ1v) is 28.3. The van der Waals surface area contributed by atoms with Crippen LogP contribution in [0.25, 0.3) is 149 Å². The Labute approximate surface area is 484 Å². The number of rotatable bonds is 8. The quantitative estimate of drug-likeness (QED) is 0.152. The van der Waals surface area contributed by atoms with Crippen molar-refractivity contribution in [3.63, 3.8) is 0 Å². The molecule has 17 rings (SSSR count). The Morgan fingerprint density at radius 1 is 0.259 bits per heavy atom. The number of hydrogen-bond donors (Lipinski definition) is 0. The lowest BCUT2D eigenvalue weighted by atomic mass is 9.93. The summed E-state index contributed by atoms with van der Waals surface area (Å²) in [5.74, 6) is 1.35. The van der Waals surface area contributed by atoms with Crippen LogP contribution in [0.2, 0.25) is 0 Å². The largest absolute Gasteiger partial charge is 0.497 e. The minimum Gasteiger partial charge on any atom is -0.497 e. The molecule has 0 atom stereocenters. The van der Waals surface area contributed by atoms with Crippen LogP contribution in [0.3, 0.4) is 0 Å². The molecule has 5 aromatic heterocycles. The van der Waals surface area contributed by atoms with Crippen LogP contribution >= 0.6 is 0 Å². The number of nitrogens with zero attached hydrogens (tertiary/aromatic N) is 5. The second-order valence-electron chi connectivity index (χ2n) is 21.8. The van der Waals surface area contributed by atoms with E-state index in [2.05, 4.69) is 241 Å². The van der Waals surface area contributed by atoms with Crippen molar-refractivity contribution in [2.45, 2.75) is 6.18 Å². The highest BCUT2D eigenvalue weighted by atomic mass is 19.4. The molecule has 5 heterocycles. The molecule has 17 aromatic rings. The summed E-state index contributed by atoms with van der Waals surface area (Å²) in [4.78, 5) is 0. The van der Waals surface area contributed by atoms with Crippen LogP contribution in [0.15, 0.2) is 255 Å². The highest BCUT2D eigenvalue weighted by Crippen LogP contribution is 2.55. The molecule has 406 valence electrons. The van der Waals surface area contributed by atoms with Gasteiger partial charge >= 0.3 is 6.18 Å². The summed E-state index contributed by atoms with van der Waals surface area (Å²) < 4.78 is 71.9. The molecule has 0 saturated heterocycles. The smallest absolute Gasteiger partial charge is 0.416 e. The molecule has 0 saturated carbocycles. The van der Waals surface area contributed by atoms with E-state index in [1.165, 1.54) is 12.1 Å². The van der Waals surface area contributed by atoms with Crippen molar-refractivity contribution < 1.29 is 22.6 Å². The zero-order chi connectivity index (χ0) is 56.8. The third kappa shape index (κ3) is 6.90. The molecule has 0 fully saturated rings. The molecule has 0 aliphatic heterocycles. The standard InChI is InChI=1S/C75H48F3N5O2/c1-84-47-38-40-67-57(43-47)58-44-48(85-2)39-41-68(58)83(67)74-72(81-63-34-15-7-26-53(63)54-27-8-16-35-64(54)81)70(79-59-30-11-3-22-49(59)50-23-4-12-31-60(50)79)69(45-20-19-21-46(42-45)75(76,77)78)71(80-61-32-13-5-24-51(61)52-25-6-14-33-62(52)80)73(74)82-65-36-17-9-28-55(65)56-29-10-18-37-66(56)82/h3-44H,1-2H3. The van der Waals surface area contributed by atoms with E-state index in [4.69, 9.17) is 9.47 Å². The second kappa shape index (κ2) is 18.3. The van der Waals surface area contributed by atoms with E-state index in [1.54, 1.807) is 20.3 Å². The number of benzene rings is 12. The highest BCUT2D eigenvalue weighted by molar-refractivity contribution is 6.19. The van der Waals surface area contributed by atoms with Gasteiger partial charge in [0, 0.05) is 59.4 Å². The fourth-order valence-corrected chi connectivity index (χ4v) is 14.0. The van der Waals surface area contributed by atoms with Gasteiger partial charge in [0.15, 0.2) is 0 Å². The third-order valence-corrected chi connectivity index (χ3v) is 17.5. The Bertz CT molecular complexity index is 5130. The number of hydrogen-bond acceptors (Lipinski definition) is 2. The maximum Gasteiger partial charge on any atom is 0.416 e. The number of aromatic nitrogens is 5. The minimum atomic E-state index is -4.70. The topological polar surface area (TPSA) is 43.1 Å². The molecule has 12 aromatic carbocycles. The fraction of sp³-hybridized carbons (Fsp3) is 0.0400. The van der Waals surface area contributed by atoms with Crippen LogP contribution in [0.1, 0.15) is 5.56 Å². The number of para-hydroxylation sites is 8. The Morgan fingerprint density at radius 2 is 0.518 bits per heavy atom. The van der Waals surface area contributed by atoms with Gasteiger partial charge in [-0.05, 0) is 103 Å². The summed E-state index contributed by atoms with van der Waals surface area (Å²) in [7, 11) is 3.37. The van der Waals surface area contributed by atoms with Gasteiger partial charge in [0.1, 0.15) is 11.5 Å². The molecule has 0 aliphatic carbocycles. The van der Waals surface area contributed by atoms with Crippen LogP contribution < -0.4 is 9.47 Å². The molecule has 0 amide bonds. The number of fused-ring (bicyclic) bond motifs is 15. The number of alkyl halides is 3. The Morgan fingerprint density at radius 3 is 0.800 bits per heavy atom. The van der Waals surface area contributed by atoms with Gasteiger partial charge in [0.05, 0.1) is 103 Å². The molecule has 0 aliphatic rings. The van der Waals surface area contributed by atoms with Crippen molar-refractivity contribution in [1.82, 2.24) is 22.8 Å². The van der Waals surface area contributed by atoms with E-state index in [0.29, 0.717) is 34.0 Å². The Hall–Kier alpha value is -11.0. The summed E-state index contributed by atoms with van der Waals surface area (Å²) in [6.07, 6.45) is -4.70. The van der Waals surface area contributed by atoms with Crippen molar-refractivity contribution in [3.8, 4) is 51.1 Å². The fourth-order valence-electron chi connectivity index (χ4n) is 14.0. The monoisotopic (exact) mass is 1110 g/mol. The number of methoxy groups -OCH3 is 2. The first-order chi connectivity index (χ1) is 41.8. The summed E-state index contributed by atoms with van der Waals surface area (Å²) in [5, 5.41) is 9.83. The second-order valence-corrected chi connectivity index (χ2v) is 21.8. The van der Waals surface area contributed by atoms with Crippen molar-refractivity contribution in [1.29, 1.82) is 0 Å². The van der Waals surface area contributed by atoms with Gasteiger partial charge in [-0.15, -0.1) is 0 Å². The molecular weight excluding hydrogens is 1060 g/mol. The molecule has 0 bridgehead atoms. The zero-order valence-electron chi connectivity index (χ0n) is 45.9. The maximum atomic E-state index is 16.0. The van der Waals surface area contributed by atoms with Crippen LogP contribution in [0, 0.1) is 0 Å². The van der Waals surface area contributed by atoms with Crippen LogP contribution in [-0.4, -0.2) is 37.1 Å². The molecule has 7 nitrogen and oxygen atoms in total. The van der Waals surface area contributed by atoms with Crippen molar-refractivity contribution in [3.05, 3.63) is 260 Å².